The molecular weight excluding hydrogens is 180 g/mol. The minimum absolute atomic E-state index is 0.0606. The molecule has 0 spiro atoms. The van der Waals surface area contributed by atoms with E-state index in [-0.39, 0.29) is 6.10 Å². The smallest absolute Gasteiger partial charge is 0.0546 e. The normalized spacial score (nSPS) is 18.8. The van der Waals surface area contributed by atoms with Gasteiger partial charge < -0.3 is 5.11 Å². The summed E-state index contributed by atoms with van der Waals surface area (Å²) >= 11 is 1.79. The summed E-state index contributed by atoms with van der Waals surface area (Å²) in [5.41, 5.74) is 0. The van der Waals surface area contributed by atoms with Gasteiger partial charge in [-0.15, -0.1) is 11.3 Å². The fourth-order valence-corrected chi connectivity index (χ4v) is 2.34. The van der Waals surface area contributed by atoms with Crippen molar-refractivity contribution in [2.45, 2.75) is 38.2 Å². The van der Waals surface area contributed by atoms with Crippen LogP contribution in [0.1, 0.15) is 30.6 Å². The van der Waals surface area contributed by atoms with Gasteiger partial charge in [0.2, 0.25) is 0 Å². The van der Waals surface area contributed by atoms with Crippen LogP contribution in [0.25, 0.3) is 0 Å². The predicted octanol–water partition coefficient (Wildman–Crippen LogP) is 2.84. The Balaban J connectivity index is 1.66. The Hall–Kier alpha value is -0.340. The Labute approximate surface area is 83.4 Å². The zero-order valence-corrected chi connectivity index (χ0v) is 8.59. The molecule has 1 atom stereocenters. The Bertz CT molecular complexity index is 239. The quantitative estimate of drug-likeness (QED) is 0.767. The van der Waals surface area contributed by atoms with Crippen molar-refractivity contribution < 1.29 is 5.11 Å². The Morgan fingerprint density at radius 3 is 3.00 bits per heavy atom. The zero-order valence-electron chi connectivity index (χ0n) is 7.78. The molecule has 0 aromatic carbocycles. The second-order valence-corrected chi connectivity index (χ2v) is 4.98. The summed E-state index contributed by atoms with van der Waals surface area (Å²) in [5.74, 6) is 0.846. The predicted molar refractivity (Wildman–Crippen MR) is 56.0 cm³/mol. The summed E-state index contributed by atoms with van der Waals surface area (Å²) in [6, 6.07) is 4.22. The first-order valence-corrected chi connectivity index (χ1v) is 5.93. The molecule has 1 aromatic rings. The molecule has 0 bridgehead atoms. The average Bonchev–Trinajstić information content (AvgIpc) is 2.78. The minimum atomic E-state index is -0.0606. The van der Waals surface area contributed by atoms with Gasteiger partial charge in [0.25, 0.3) is 0 Å². The number of hydrogen-bond acceptors (Lipinski definition) is 2. The van der Waals surface area contributed by atoms with Crippen molar-refractivity contribution >= 4 is 11.3 Å². The summed E-state index contributed by atoms with van der Waals surface area (Å²) in [4.78, 5) is 1.40. The van der Waals surface area contributed by atoms with E-state index in [1.54, 1.807) is 11.3 Å². The van der Waals surface area contributed by atoms with Crippen molar-refractivity contribution in [3.05, 3.63) is 22.4 Å². The van der Waals surface area contributed by atoms with E-state index in [9.17, 15) is 5.11 Å². The highest BCUT2D eigenvalue weighted by atomic mass is 32.1. The molecule has 2 heteroatoms. The molecule has 0 saturated heterocycles. The third-order valence-corrected chi connectivity index (χ3v) is 3.54. The summed E-state index contributed by atoms with van der Waals surface area (Å²) in [7, 11) is 0. The van der Waals surface area contributed by atoms with Gasteiger partial charge in [-0.05, 0) is 36.6 Å². The third kappa shape index (κ3) is 3.12. The molecule has 1 aromatic heterocycles. The number of aliphatic hydroxyl groups excluding tert-OH is 1. The van der Waals surface area contributed by atoms with Crippen molar-refractivity contribution in [3.63, 3.8) is 0 Å². The van der Waals surface area contributed by atoms with Crippen LogP contribution in [0.5, 0.6) is 0 Å². The van der Waals surface area contributed by atoms with Gasteiger partial charge in [-0.2, -0.15) is 0 Å². The maximum atomic E-state index is 9.66. The van der Waals surface area contributed by atoms with E-state index in [1.807, 2.05) is 0 Å². The first-order chi connectivity index (χ1) is 6.34. The second kappa shape index (κ2) is 4.25. The summed E-state index contributed by atoms with van der Waals surface area (Å²) in [6.07, 6.45) is 5.65. The minimum Gasteiger partial charge on any atom is -0.393 e. The van der Waals surface area contributed by atoms with Gasteiger partial charge in [0.1, 0.15) is 0 Å². The largest absolute Gasteiger partial charge is 0.393 e. The van der Waals surface area contributed by atoms with Gasteiger partial charge in [0.15, 0.2) is 0 Å². The Kier molecular flexibility index (Phi) is 3.01. The Morgan fingerprint density at radius 2 is 2.38 bits per heavy atom. The summed E-state index contributed by atoms with van der Waals surface area (Å²) in [5, 5.41) is 11.8. The van der Waals surface area contributed by atoms with Crippen molar-refractivity contribution in [2.75, 3.05) is 0 Å². The molecule has 1 N–H and O–H groups in total. The van der Waals surface area contributed by atoms with Crippen LogP contribution in [0.15, 0.2) is 17.5 Å². The molecule has 13 heavy (non-hydrogen) atoms. The topological polar surface area (TPSA) is 20.2 Å². The van der Waals surface area contributed by atoms with Gasteiger partial charge in [-0.3, -0.25) is 0 Å². The van der Waals surface area contributed by atoms with Crippen molar-refractivity contribution in [1.82, 2.24) is 0 Å². The van der Waals surface area contributed by atoms with Crippen molar-refractivity contribution in [2.24, 2.45) is 5.92 Å². The fourth-order valence-electron chi connectivity index (χ4n) is 1.62. The first-order valence-electron chi connectivity index (χ1n) is 5.05. The van der Waals surface area contributed by atoms with Gasteiger partial charge in [0.05, 0.1) is 6.10 Å². The van der Waals surface area contributed by atoms with Gasteiger partial charge in [-0.25, -0.2) is 0 Å². The summed E-state index contributed by atoms with van der Waals surface area (Å²) in [6.45, 7) is 0. The number of aryl methyl sites for hydroxylation is 1. The molecule has 2 rings (SSSR count). The number of aliphatic hydroxyl groups is 1. The lowest BCUT2D eigenvalue weighted by molar-refractivity contribution is 0.148. The summed E-state index contributed by atoms with van der Waals surface area (Å²) < 4.78 is 0. The van der Waals surface area contributed by atoms with E-state index < -0.39 is 0 Å². The molecule has 72 valence electrons. The molecule has 1 nitrogen and oxygen atoms in total. The highest BCUT2D eigenvalue weighted by Crippen LogP contribution is 2.34. The molecular formula is C11H16OS. The maximum Gasteiger partial charge on any atom is 0.0546 e. The molecule has 1 aliphatic carbocycles. The SMILES string of the molecule is OC(CCc1cccs1)CC1CC1. The van der Waals surface area contributed by atoms with Crippen LogP contribution in [0.3, 0.4) is 0 Å². The van der Waals surface area contributed by atoms with Crippen LogP contribution in [0, 0.1) is 5.92 Å². The molecule has 1 saturated carbocycles. The van der Waals surface area contributed by atoms with Crippen LogP contribution < -0.4 is 0 Å². The van der Waals surface area contributed by atoms with Crippen LogP contribution >= 0.6 is 11.3 Å². The van der Waals surface area contributed by atoms with E-state index in [1.165, 1.54) is 17.7 Å². The monoisotopic (exact) mass is 196 g/mol. The Morgan fingerprint density at radius 1 is 1.54 bits per heavy atom. The van der Waals surface area contributed by atoms with E-state index in [0.29, 0.717) is 0 Å². The van der Waals surface area contributed by atoms with E-state index >= 15 is 0 Å². The van der Waals surface area contributed by atoms with Crippen molar-refractivity contribution in [3.8, 4) is 0 Å². The highest BCUT2D eigenvalue weighted by molar-refractivity contribution is 7.09. The van der Waals surface area contributed by atoms with Crippen LogP contribution in [0.4, 0.5) is 0 Å². The van der Waals surface area contributed by atoms with Gasteiger partial charge in [-0.1, -0.05) is 18.9 Å². The number of thiophene rings is 1. The molecule has 1 unspecified atom stereocenters. The molecule has 0 aliphatic heterocycles. The van der Waals surface area contributed by atoms with E-state index in [2.05, 4.69) is 17.5 Å². The third-order valence-electron chi connectivity index (χ3n) is 2.61. The van der Waals surface area contributed by atoms with Crippen LogP contribution in [-0.2, 0) is 6.42 Å². The van der Waals surface area contributed by atoms with Gasteiger partial charge >= 0.3 is 0 Å². The first kappa shape index (κ1) is 9.22. The zero-order chi connectivity index (χ0) is 9.10. The van der Waals surface area contributed by atoms with Crippen LogP contribution in [0.2, 0.25) is 0 Å². The number of rotatable bonds is 5. The standard InChI is InChI=1S/C11H16OS/c12-10(8-9-3-4-9)5-6-11-2-1-7-13-11/h1-2,7,9-10,12H,3-6,8H2. The number of hydrogen-bond donors (Lipinski definition) is 1. The maximum absolute atomic E-state index is 9.66. The van der Waals surface area contributed by atoms with E-state index in [4.69, 9.17) is 0 Å². The lowest BCUT2D eigenvalue weighted by Gasteiger charge is -2.07. The van der Waals surface area contributed by atoms with Gasteiger partial charge in [0, 0.05) is 4.88 Å². The fraction of sp³-hybridized carbons (Fsp3) is 0.636. The highest BCUT2D eigenvalue weighted by Gasteiger charge is 2.24. The molecule has 1 fully saturated rings. The molecule has 1 heterocycles. The molecule has 1 aliphatic rings. The van der Waals surface area contributed by atoms with Crippen LogP contribution in [-0.4, -0.2) is 11.2 Å². The van der Waals surface area contributed by atoms with Crippen molar-refractivity contribution in [1.29, 1.82) is 0 Å². The lowest BCUT2D eigenvalue weighted by atomic mass is 10.1. The molecule has 0 amide bonds. The average molecular weight is 196 g/mol. The second-order valence-electron chi connectivity index (χ2n) is 3.95. The lowest BCUT2D eigenvalue weighted by Crippen LogP contribution is -2.08. The van der Waals surface area contributed by atoms with E-state index in [0.717, 1.165) is 25.2 Å². The molecule has 0 radical (unpaired) electrons.